The Morgan fingerprint density at radius 3 is 2.71 bits per heavy atom. The van der Waals surface area contributed by atoms with Gasteiger partial charge in [-0.2, -0.15) is 0 Å². The maximum absolute atomic E-state index is 13.6. The fourth-order valence-corrected chi connectivity index (χ4v) is 2.97. The Labute approximate surface area is 138 Å². The molecular formula is C17H18BrClFN. The molecule has 1 N–H and O–H groups in total. The summed E-state index contributed by atoms with van der Waals surface area (Å²) >= 11 is 9.82. The van der Waals surface area contributed by atoms with Crippen LogP contribution in [-0.2, 0) is 6.42 Å². The summed E-state index contributed by atoms with van der Waals surface area (Å²) < 4.78 is 14.6. The van der Waals surface area contributed by atoms with Crippen LogP contribution >= 0.6 is 27.5 Å². The molecule has 4 heteroatoms. The van der Waals surface area contributed by atoms with Gasteiger partial charge >= 0.3 is 0 Å². The van der Waals surface area contributed by atoms with Crippen molar-refractivity contribution in [1.82, 2.24) is 5.32 Å². The van der Waals surface area contributed by atoms with Crippen LogP contribution in [0.5, 0.6) is 0 Å². The van der Waals surface area contributed by atoms with Gasteiger partial charge in [0.1, 0.15) is 5.82 Å². The molecule has 0 radical (unpaired) electrons. The third-order valence-corrected chi connectivity index (χ3v) is 4.47. The number of nitrogens with one attached hydrogen (secondary N) is 1. The van der Waals surface area contributed by atoms with E-state index in [1.807, 2.05) is 18.2 Å². The second kappa shape index (κ2) is 7.92. The standard InChI is InChI=1S/C17H18BrClFN/c1-2-9-21-17(10-12-5-3-4-6-15(12)18)14-11-13(20)7-8-16(14)19/h3-8,11,17,21H,2,9-10H2,1H3. The Morgan fingerprint density at radius 1 is 1.24 bits per heavy atom. The quantitative estimate of drug-likeness (QED) is 0.705. The number of halogens is 3. The minimum absolute atomic E-state index is 0.00755. The molecule has 0 aliphatic heterocycles. The van der Waals surface area contributed by atoms with E-state index < -0.39 is 0 Å². The summed E-state index contributed by atoms with van der Waals surface area (Å²) in [7, 11) is 0. The summed E-state index contributed by atoms with van der Waals surface area (Å²) in [4.78, 5) is 0. The van der Waals surface area contributed by atoms with Crippen LogP contribution in [-0.4, -0.2) is 6.54 Å². The van der Waals surface area contributed by atoms with Crippen molar-refractivity contribution in [3.8, 4) is 0 Å². The van der Waals surface area contributed by atoms with Gasteiger partial charge < -0.3 is 5.32 Å². The van der Waals surface area contributed by atoms with Gasteiger partial charge in [0.15, 0.2) is 0 Å². The van der Waals surface area contributed by atoms with E-state index in [2.05, 4.69) is 34.2 Å². The van der Waals surface area contributed by atoms with E-state index in [4.69, 9.17) is 11.6 Å². The summed E-state index contributed by atoms with van der Waals surface area (Å²) in [5, 5.41) is 4.05. The molecule has 0 aliphatic carbocycles. The van der Waals surface area contributed by atoms with E-state index in [0.29, 0.717) is 5.02 Å². The molecule has 1 nitrogen and oxygen atoms in total. The molecule has 2 aromatic carbocycles. The molecule has 1 unspecified atom stereocenters. The lowest BCUT2D eigenvalue weighted by Crippen LogP contribution is -2.24. The highest BCUT2D eigenvalue weighted by Gasteiger charge is 2.16. The Morgan fingerprint density at radius 2 is 2.00 bits per heavy atom. The normalized spacial score (nSPS) is 12.4. The molecule has 0 amide bonds. The minimum atomic E-state index is -0.259. The van der Waals surface area contributed by atoms with Gasteiger partial charge in [-0.3, -0.25) is 0 Å². The largest absolute Gasteiger partial charge is 0.310 e. The Balaban J connectivity index is 2.30. The van der Waals surface area contributed by atoms with Gasteiger partial charge in [-0.15, -0.1) is 0 Å². The summed E-state index contributed by atoms with van der Waals surface area (Å²) in [5.74, 6) is -0.259. The maximum atomic E-state index is 13.6. The zero-order chi connectivity index (χ0) is 15.2. The van der Waals surface area contributed by atoms with Gasteiger partial charge in [0.2, 0.25) is 0 Å². The Bertz CT molecular complexity index is 603. The molecule has 0 fully saturated rings. The fraction of sp³-hybridized carbons (Fsp3) is 0.294. The number of benzene rings is 2. The molecule has 0 aliphatic rings. The molecule has 2 rings (SSSR count). The zero-order valence-electron chi connectivity index (χ0n) is 11.9. The Kier molecular flexibility index (Phi) is 6.22. The zero-order valence-corrected chi connectivity index (χ0v) is 14.2. The predicted molar refractivity (Wildman–Crippen MR) is 90.3 cm³/mol. The first-order chi connectivity index (χ1) is 10.1. The molecule has 0 saturated carbocycles. The fourth-order valence-electron chi connectivity index (χ4n) is 2.28. The summed E-state index contributed by atoms with van der Waals surface area (Å²) in [6.45, 7) is 2.97. The molecule has 1 atom stereocenters. The van der Waals surface area contributed by atoms with E-state index in [1.165, 1.54) is 17.7 Å². The molecule has 21 heavy (non-hydrogen) atoms. The SMILES string of the molecule is CCCNC(Cc1ccccc1Br)c1cc(F)ccc1Cl. The maximum Gasteiger partial charge on any atom is 0.123 e. The molecule has 0 saturated heterocycles. The lowest BCUT2D eigenvalue weighted by molar-refractivity contribution is 0.524. The van der Waals surface area contributed by atoms with E-state index >= 15 is 0 Å². The summed E-state index contributed by atoms with van der Waals surface area (Å²) in [6.07, 6.45) is 1.77. The Hall–Kier alpha value is -0.900. The molecule has 2 aromatic rings. The monoisotopic (exact) mass is 369 g/mol. The van der Waals surface area contributed by atoms with Crippen molar-refractivity contribution in [3.63, 3.8) is 0 Å². The highest BCUT2D eigenvalue weighted by Crippen LogP contribution is 2.29. The van der Waals surface area contributed by atoms with E-state index in [9.17, 15) is 4.39 Å². The lowest BCUT2D eigenvalue weighted by atomic mass is 9.98. The van der Waals surface area contributed by atoms with Gasteiger partial charge in [-0.05, 0) is 54.8 Å². The first kappa shape index (κ1) is 16.5. The minimum Gasteiger partial charge on any atom is -0.310 e. The van der Waals surface area contributed by atoms with Crippen LogP contribution in [0.1, 0.15) is 30.5 Å². The van der Waals surface area contributed by atoms with Crippen LogP contribution in [0.3, 0.4) is 0 Å². The van der Waals surface area contributed by atoms with Crippen LogP contribution < -0.4 is 5.32 Å². The second-order valence-corrected chi connectivity index (χ2v) is 6.23. The van der Waals surface area contributed by atoms with Gasteiger partial charge in [-0.25, -0.2) is 4.39 Å². The number of hydrogen-bond acceptors (Lipinski definition) is 1. The molecule has 0 bridgehead atoms. The van der Waals surface area contributed by atoms with Gasteiger partial charge in [-0.1, -0.05) is 52.7 Å². The highest BCUT2D eigenvalue weighted by atomic mass is 79.9. The van der Waals surface area contributed by atoms with Gasteiger partial charge in [0.25, 0.3) is 0 Å². The van der Waals surface area contributed by atoms with Gasteiger partial charge in [0, 0.05) is 15.5 Å². The second-order valence-electron chi connectivity index (χ2n) is 4.97. The average molecular weight is 371 g/mol. The van der Waals surface area contributed by atoms with E-state index in [0.717, 1.165) is 29.4 Å². The summed E-state index contributed by atoms with van der Waals surface area (Å²) in [6, 6.07) is 12.6. The van der Waals surface area contributed by atoms with Crippen LogP contribution in [0.15, 0.2) is 46.9 Å². The van der Waals surface area contributed by atoms with Crippen molar-refractivity contribution in [2.24, 2.45) is 0 Å². The van der Waals surface area contributed by atoms with Crippen molar-refractivity contribution >= 4 is 27.5 Å². The van der Waals surface area contributed by atoms with Crippen LogP contribution in [0, 0.1) is 5.82 Å². The number of rotatable bonds is 6. The van der Waals surface area contributed by atoms with Crippen molar-refractivity contribution in [1.29, 1.82) is 0 Å². The lowest BCUT2D eigenvalue weighted by Gasteiger charge is -2.21. The van der Waals surface area contributed by atoms with Crippen LogP contribution in [0.2, 0.25) is 5.02 Å². The van der Waals surface area contributed by atoms with Crippen molar-refractivity contribution in [2.75, 3.05) is 6.54 Å². The molecule has 0 aromatic heterocycles. The van der Waals surface area contributed by atoms with Crippen molar-refractivity contribution in [2.45, 2.75) is 25.8 Å². The molecule has 112 valence electrons. The van der Waals surface area contributed by atoms with Gasteiger partial charge in [0.05, 0.1) is 0 Å². The van der Waals surface area contributed by atoms with Crippen LogP contribution in [0.25, 0.3) is 0 Å². The highest BCUT2D eigenvalue weighted by molar-refractivity contribution is 9.10. The third kappa shape index (κ3) is 4.53. The third-order valence-electron chi connectivity index (χ3n) is 3.36. The van der Waals surface area contributed by atoms with Crippen LogP contribution in [0.4, 0.5) is 4.39 Å². The average Bonchev–Trinajstić information content (AvgIpc) is 2.48. The predicted octanol–water partition coefficient (Wildman–Crippen LogP) is 5.53. The number of hydrogen-bond donors (Lipinski definition) is 1. The summed E-state index contributed by atoms with van der Waals surface area (Å²) in [5.41, 5.74) is 1.98. The van der Waals surface area contributed by atoms with E-state index in [1.54, 1.807) is 6.07 Å². The molecule has 0 spiro atoms. The first-order valence-electron chi connectivity index (χ1n) is 7.03. The van der Waals surface area contributed by atoms with Crippen molar-refractivity contribution < 1.29 is 4.39 Å². The molecule has 0 heterocycles. The molecular weight excluding hydrogens is 353 g/mol. The smallest absolute Gasteiger partial charge is 0.123 e. The first-order valence-corrected chi connectivity index (χ1v) is 8.20. The topological polar surface area (TPSA) is 12.0 Å². The van der Waals surface area contributed by atoms with Crippen molar-refractivity contribution in [3.05, 3.63) is 68.9 Å². The van der Waals surface area contributed by atoms with E-state index in [-0.39, 0.29) is 11.9 Å².